The van der Waals surface area contributed by atoms with Crippen molar-refractivity contribution in [2.75, 3.05) is 25.4 Å². The van der Waals surface area contributed by atoms with Crippen molar-refractivity contribution in [3.8, 4) is 0 Å². The second kappa shape index (κ2) is 8.20. The standard InChI is InChI=1S/C18H28N6O2S2/c1-14-21-22-16(23(14)4)12-20-17(19-8-7-15-6-5-10-27-15)24-9-11-28(25,26)18(2,3)13-24/h5-6,10H,7-9,11-13H2,1-4H3,(H,19,20). The molecule has 0 bridgehead atoms. The molecule has 0 amide bonds. The summed E-state index contributed by atoms with van der Waals surface area (Å²) in [6, 6.07) is 4.16. The molecule has 28 heavy (non-hydrogen) atoms. The lowest BCUT2D eigenvalue weighted by Gasteiger charge is -2.39. The van der Waals surface area contributed by atoms with Crippen molar-refractivity contribution in [1.29, 1.82) is 0 Å². The maximum absolute atomic E-state index is 12.4. The molecule has 0 unspecified atom stereocenters. The Hall–Kier alpha value is -1.94. The number of sulfone groups is 1. The van der Waals surface area contributed by atoms with E-state index >= 15 is 0 Å². The Morgan fingerprint density at radius 2 is 2.18 bits per heavy atom. The summed E-state index contributed by atoms with van der Waals surface area (Å²) in [5, 5.41) is 13.7. The molecule has 0 atom stereocenters. The summed E-state index contributed by atoms with van der Waals surface area (Å²) >= 11 is 1.73. The number of aryl methyl sites for hydroxylation is 1. The van der Waals surface area contributed by atoms with Crippen molar-refractivity contribution in [3.63, 3.8) is 0 Å². The second-order valence-electron chi connectivity index (χ2n) is 7.62. The number of hydrogen-bond acceptors (Lipinski definition) is 6. The Bertz CT molecular complexity index is 931. The molecular weight excluding hydrogens is 396 g/mol. The number of aliphatic imine (C=N–C) groups is 1. The van der Waals surface area contributed by atoms with Gasteiger partial charge in [-0.25, -0.2) is 13.4 Å². The third kappa shape index (κ3) is 4.54. The zero-order valence-corrected chi connectivity index (χ0v) is 18.5. The van der Waals surface area contributed by atoms with Crippen LogP contribution in [-0.2, 0) is 29.9 Å². The Labute approximate surface area is 170 Å². The van der Waals surface area contributed by atoms with E-state index in [1.165, 1.54) is 4.88 Å². The van der Waals surface area contributed by atoms with Crippen LogP contribution in [0.3, 0.4) is 0 Å². The van der Waals surface area contributed by atoms with Crippen molar-refractivity contribution >= 4 is 27.1 Å². The van der Waals surface area contributed by atoms with Gasteiger partial charge in [0.1, 0.15) is 12.4 Å². The van der Waals surface area contributed by atoms with Crippen molar-refractivity contribution in [1.82, 2.24) is 25.0 Å². The van der Waals surface area contributed by atoms with Gasteiger partial charge in [0.2, 0.25) is 0 Å². The Kier molecular flexibility index (Phi) is 6.09. The molecule has 0 aromatic carbocycles. The van der Waals surface area contributed by atoms with Gasteiger partial charge >= 0.3 is 0 Å². The van der Waals surface area contributed by atoms with Gasteiger partial charge in [0, 0.05) is 31.6 Å². The SMILES string of the molecule is Cc1nnc(CN=C(NCCc2cccs2)N2CCS(=O)(=O)C(C)(C)C2)n1C. The number of nitrogens with one attached hydrogen (secondary N) is 1. The lowest BCUT2D eigenvalue weighted by Crippen LogP contribution is -2.57. The molecule has 3 rings (SSSR count). The monoisotopic (exact) mass is 424 g/mol. The molecule has 2 aromatic heterocycles. The van der Waals surface area contributed by atoms with E-state index in [4.69, 9.17) is 4.99 Å². The Morgan fingerprint density at radius 3 is 2.79 bits per heavy atom. The Balaban J connectivity index is 1.75. The van der Waals surface area contributed by atoms with Gasteiger partial charge in [0.15, 0.2) is 21.6 Å². The topological polar surface area (TPSA) is 92.5 Å². The first-order chi connectivity index (χ1) is 13.2. The number of rotatable bonds is 5. The van der Waals surface area contributed by atoms with Crippen LogP contribution < -0.4 is 5.32 Å². The molecular formula is C18H28N6O2S2. The minimum atomic E-state index is -3.10. The van der Waals surface area contributed by atoms with Crippen LogP contribution in [0.1, 0.15) is 30.4 Å². The van der Waals surface area contributed by atoms with Crippen LogP contribution in [0.15, 0.2) is 22.5 Å². The summed E-state index contributed by atoms with van der Waals surface area (Å²) in [6.07, 6.45) is 0.898. The smallest absolute Gasteiger partial charge is 0.194 e. The fraction of sp³-hybridized carbons (Fsp3) is 0.611. The van der Waals surface area contributed by atoms with Gasteiger partial charge in [-0.05, 0) is 38.6 Å². The number of nitrogens with zero attached hydrogens (tertiary/aromatic N) is 5. The highest BCUT2D eigenvalue weighted by Crippen LogP contribution is 2.23. The zero-order chi connectivity index (χ0) is 20.4. The number of aromatic nitrogens is 3. The largest absolute Gasteiger partial charge is 0.356 e. The van der Waals surface area contributed by atoms with E-state index in [1.54, 1.807) is 25.2 Å². The first-order valence-corrected chi connectivity index (χ1v) is 11.9. The van der Waals surface area contributed by atoms with Gasteiger partial charge in [0.05, 0.1) is 10.5 Å². The van der Waals surface area contributed by atoms with Crippen LogP contribution in [0, 0.1) is 6.92 Å². The van der Waals surface area contributed by atoms with E-state index in [-0.39, 0.29) is 5.75 Å². The normalized spacial score (nSPS) is 19.0. The van der Waals surface area contributed by atoms with E-state index in [0.29, 0.717) is 19.6 Å². The van der Waals surface area contributed by atoms with Gasteiger partial charge in [-0.2, -0.15) is 0 Å². The summed E-state index contributed by atoms with van der Waals surface area (Å²) in [5.41, 5.74) is 0. The first-order valence-electron chi connectivity index (χ1n) is 9.32. The number of guanidine groups is 1. The predicted octanol–water partition coefficient (Wildman–Crippen LogP) is 1.38. The summed E-state index contributed by atoms with van der Waals surface area (Å²) in [6.45, 7) is 7.45. The lowest BCUT2D eigenvalue weighted by atomic mass is 10.2. The highest BCUT2D eigenvalue weighted by atomic mass is 32.2. The molecule has 1 aliphatic heterocycles. The molecule has 10 heteroatoms. The fourth-order valence-electron chi connectivity index (χ4n) is 3.08. The summed E-state index contributed by atoms with van der Waals surface area (Å²) in [7, 11) is -1.19. The molecule has 1 aliphatic rings. The molecule has 8 nitrogen and oxygen atoms in total. The van der Waals surface area contributed by atoms with Gasteiger partial charge in [-0.15, -0.1) is 21.5 Å². The fourth-order valence-corrected chi connectivity index (χ4v) is 5.15. The van der Waals surface area contributed by atoms with Crippen molar-refractivity contribution in [2.45, 2.75) is 38.5 Å². The highest BCUT2D eigenvalue weighted by molar-refractivity contribution is 7.92. The summed E-state index contributed by atoms with van der Waals surface area (Å²) < 4.78 is 25.8. The predicted molar refractivity (Wildman–Crippen MR) is 112 cm³/mol. The maximum atomic E-state index is 12.4. The van der Waals surface area contributed by atoms with Crippen molar-refractivity contribution in [3.05, 3.63) is 34.0 Å². The van der Waals surface area contributed by atoms with Crippen LogP contribution in [0.4, 0.5) is 0 Å². The first kappa shape index (κ1) is 20.8. The molecule has 0 radical (unpaired) electrons. The van der Waals surface area contributed by atoms with Crippen LogP contribution in [-0.4, -0.2) is 64.2 Å². The van der Waals surface area contributed by atoms with Gasteiger partial charge < -0.3 is 14.8 Å². The highest BCUT2D eigenvalue weighted by Gasteiger charge is 2.41. The van der Waals surface area contributed by atoms with Crippen molar-refractivity contribution < 1.29 is 8.42 Å². The van der Waals surface area contributed by atoms with E-state index in [2.05, 4.69) is 27.0 Å². The molecule has 1 fully saturated rings. The minimum absolute atomic E-state index is 0.134. The van der Waals surface area contributed by atoms with Gasteiger partial charge in [0.25, 0.3) is 0 Å². The Morgan fingerprint density at radius 1 is 1.39 bits per heavy atom. The van der Waals surface area contributed by atoms with Crippen LogP contribution in [0.25, 0.3) is 0 Å². The molecule has 0 spiro atoms. The average Bonchev–Trinajstić information content (AvgIpc) is 3.25. The van der Waals surface area contributed by atoms with E-state index in [0.717, 1.165) is 30.6 Å². The summed E-state index contributed by atoms with van der Waals surface area (Å²) in [4.78, 5) is 8.08. The summed E-state index contributed by atoms with van der Waals surface area (Å²) in [5.74, 6) is 2.47. The lowest BCUT2D eigenvalue weighted by molar-refractivity contribution is 0.352. The molecule has 3 heterocycles. The zero-order valence-electron chi connectivity index (χ0n) is 16.8. The number of thiophene rings is 1. The molecule has 1 saturated heterocycles. The second-order valence-corrected chi connectivity index (χ2v) is 11.4. The third-order valence-electron chi connectivity index (χ3n) is 5.13. The number of hydrogen-bond donors (Lipinski definition) is 1. The van der Waals surface area contributed by atoms with Crippen LogP contribution in [0.5, 0.6) is 0 Å². The molecule has 154 valence electrons. The van der Waals surface area contributed by atoms with E-state index < -0.39 is 14.6 Å². The van der Waals surface area contributed by atoms with E-state index in [1.807, 2.05) is 29.5 Å². The minimum Gasteiger partial charge on any atom is -0.356 e. The van der Waals surface area contributed by atoms with Gasteiger partial charge in [-0.3, -0.25) is 0 Å². The van der Waals surface area contributed by atoms with Gasteiger partial charge in [-0.1, -0.05) is 6.07 Å². The molecule has 0 saturated carbocycles. The average molecular weight is 425 g/mol. The van der Waals surface area contributed by atoms with E-state index in [9.17, 15) is 8.42 Å². The quantitative estimate of drug-likeness (QED) is 0.576. The third-order valence-corrected chi connectivity index (χ3v) is 8.60. The van der Waals surface area contributed by atoms with Crippen LogP contribution >= 0.6 is 11.3 Å². The van der Waals surface area contributed by atoms with Crippen molar-refractivity contribution in [2.24, 2.45) is 12.0 Å². The molecule has 1 N–H and O–H groups in total. The molecule has 0 aliphatic carbocycles. The molecule has 2 aromatic rings. The maximum Gasteiger partial charge on any atom is 0.194 e. The van der Waals surface area contributed by atoms with Crippen LogP contribution in [0.2, 0.25) is 0 Å².